The number of alkyl halides is 3. The predicted octanol–water partition coefficient (Wildman–Crippen LogP) is 4.38. The molecule has 2 heterocycles. The molecular formula is C23H32F3N3O3. The minimum atomic E-state index is -4.37. The van der Waals surface area contributed by atoms with Crippen molar-refractivity contribution in [2.45, 2.75) is 63.0 Å². The van der Waals surface area contributed by atoms with E-state index in [4.69, 9.17) is 4.74 Å². The van der Waals surface area contributed by atoms with Gasteiger partial charge < -0.3 is 14.7 Å². The minimum Gasteiger partial charge on any atom is -0.465 e. The van der Waals surface area contributed by atoms with Crippen molar-refractivity contribution < 1.29 is 27.8 Å². The van der Waals surface area contributed by atoms with Gasteiger partial charge in [0, 0.05) is 57.5 Å². The molecule has 2 saturated heterocycles. The lowest BCUT2D eigenvalue weighted by Crippen LogP contribution is -2.62. The number of likely N-dealkylation sites (tertiary alicyclic amines) is 1. The highest BCUT2D eigenvalue weighted by atomic mass is 19.4. The van der Waals surface area contributed by atoms with E-state index in [0.29, 0.717) is 25.1 Å². The standard InChI is InChI=1S/C23H32F3N3O3/c1-15-14-28(22(2)6-8-27(9-7-22)21(30)31)10-11-29(15)19-13-20(32-3)18-12-16(23(24,25)26)4-5-17(18)19/h4-5,12,15,19-20H,6-11,13-14H2,1-3H3,(H,30,31). The molecule has 6 nitrogen and oxygen atoms in total. The van der Waals surface area contributed by atoms with Gasteiger partial charge in [0.15, 0.2) is 0 Å². The maximum absolute atomic E-state index is 13.2. The summed E-state index contributed by atoms with van der Waals surface area (Å²) in [6.07, 6.45) is -3.28. The van der Waals surface area contributed by atoms with Gasteiger partial charge in [0.1, 0.15) is 0 Å². The first kappa shape index (κ1) is 23.3. The number of hydrogen-bond acceptors (Lipinski definition) is 4. The number of piperidine rings is 1. The van der Waals surface area contributed by atoms with Crippen LogP contribution in [0.5, 0.6) is 0 Å². The van der Waals surface area contributed by atoms with E-state index in [2.05, 4.69) is 23.6 Å². The smallest absolute Gasteiger partial charge is 0.416 e. The van der Waals surface area contributed by atoms with Crippen LogP contribution >= 0.6 is 0 Å². The summed E-state index contributed by atoms with van der Waals surface area (Å²) in [5.41, 5.74) is 0.926. The number of benzene rings is 1. The van der Waals surface area contributed by atoms with Gasteiger partial charge in [-0.15, -0.1) is 0 Å². The van der Waals surface area contributed by atoms with Crippen LogP contribution in [0.3, 0.4) is 0 Å². The Morgan fingerprint density at radius 2 is 1.84 bits per heavy atom. The molecule has 1 aromatic carbocycles. The van der Waals surface area contributed by atoms with Crippen LogP contribution in [0.4, 0.5) is 18.0 Å². The van der Waals surface area contributed by atoms with Gasteiger partial charge in [-0.2, -0.15) is 13.2 Å². The van der Waals surface area contributed by atoms with Crippen molar-refractivity contribution in [3.8, 4) is 0 Å². The number of fused-ring (bicyclic) bond motifs is 1. The van der Waals surface area contributed by atoms with E-state index in [1.807, 2.05) is 0 Å². The number of methoxy groups -OCH3 is 1. The number of ether oxygens (including phenoxy) is 1. The minimum absolute atomic E-state index is 0.0312. The number of hydrogen-bond donors (Lipinski definition) is 1. The number of carboxylic acid groups (broad SMARTS) is 1. The first-order valence-electron chi connectivity index (χ1n) is 11.3. The molecule has 0 spiro atoms. The average molecular weight is 456 g/mol. The zero-order chi connectivity index (χ0) is 23.3. The molecule has 3 atom stereocenters. The Kier molecular flexibility index (Phi) is 6.19. The molecule has 1 aromatic rings. The predicted molar refractivity (Wildman–Crippen MR) is 114 cm³/mol. The largest absolute Gasteiger partial charge is 0.465 e. The zero-order valence-electron chi connectivity index (χ0n) is 18.9. The summed E-state index contributed by atoms with van der Waals surface area (Å²) < 4.78 is 45.3. The number of halogens is 3. The van der Waals surface area contributed by atoms with Crippen molar-refractivity contribution in [3.63, 3.8) is 0 Å². The number of rotatable bonds is 3. The summed E-state index contributed by atoms with van der Waals surface area (Å²) in [7, 11) is 1.56. The Labute approximate surface area is 186 Å². The molecule has 2 aliphatic heterocycles. The summed E-state index contributed by atoms with van der Waals surface area (Å²) in [5.74, 6) is 0. The summed E-state index contributed by atoms with van der Waals surface area (Å²) in [4.78, 5) is 17.6. The molecular weight excluding hydrogens is 423 g/mol. The highest BCUT2D eigenvalue weighted by Gasteiger charge is 2.44. The Bertz CT molecular complexity index is 855. The number of nitrogens with zero attached hydrogens (tertiary/aromatic N) is 3. The molecule has 0 bridgehead atoms. The van der Waals surface area contributed by atoms with E-state index < -0.39 is 17.8 Å². The molecule has 4 rings (SSSR count). The average Bonchev–Trinajstić information content (AvgIpc) is 3.11. The zero-order valence-corrected chi connectivity index (χ0v) is 18.9. The van der Waals surface area contributed by atoms with Gasteiger partial charge in [-0.3, -0.25) is 9.80 Å². The van der Waals surface area contributed by atoms with Gasteiger partial charge in [-0.1, -0.05) is 6.07 Å². The first-order chi connectivity index (χ1) is 15.0. The fraction of sp³-hybridized carbons (Fsp3) is 0.696. The third-order valence-electron chi connectivity index (χ3n) is 7.80. The molecule has 0 aromatic heterocycles. The maximum atomic E-state index is 13.2. The highest BCUT2D eigenvalue weighted by molar-refractivity contribution is 5.65. The molecule has 178 valence electrons. The van der Waals surface area contributed by atoms with Gasteiger partial charge >= 0.3 is 12.3 Å². The maximum Gasteiger partial charge on any atom is 0.416 e. The second-order valence-corrected chi connectivity index (χ2v) is 9.62. The summed E-state index contributed by atoms with van der Waals surface area (Å²) in [6, 6.07) is 4.33. The third-order valence-corrected chi connectivity index (χ3v) is 7.80. The SMILES string of the molecule is COC1CC(N2CCN(C3(C)CCN(C(=O)O)CC3)CC2C)c2ccc(C(F)(F)F)cc21. The molecule has 0 saturated carbocycles. The van der Waals surface area contributed by atoms with Gasteiger partial charge in [0.25, 0.3) is 0 Å². The van der Waals surface area contributed by atoms with Crippen molar-refractivity contribution >= 4 is 6.09 Å². The summed E-state index contributed by atoms with van der Waals surface area (Å²) in [5, 5.41) is 9.23. The summed E-state index contributed by atoms with van der Waals surface area (Å²) in [6.45, 7) is 8.03. The van der Waals surface area contributed by atoms with Gasteiger partial charge in [-0.25, -0.2) is 4.79 Å². The lowest BCUT2D eigenvalue weighted by molar-refractivity contribution is -0.137. The molecule has 32 heavy (non-hydrogen) atoms. The van der Waals surface area contributed by atoms with Crippen LogP contribution in [0.15, 0.2) is 18.2 Å². The Hall–Kier alpha value is -1.84. The molecule has 1 amide bonds. The van der Waals surface area contributed by atoms with Crippen molar-refractivity contribution in [3.05, 3.63) is 34.9 Å². The van der Waals surface area contributed by atoms with E-state index in [-0.39, 0.29) is 23.7 Å². The van der Waals surface area contributed by atoms with Gasteiger partial charge in [0.2, 0.25) is 0 Å². The molecule has 0 radical (unpaired) electrons. The van der Waals surface area contributed by atoms with Crippen LogP contribution in [-0.4, -0.2) is 77.3 Å². The Balaban J connectivity index is 1.47. The van der Waals surface area contributed by atoms with E-state index in [9.17, 15) is 23.1 Å². The monoisotopic (exact) mass is 455 g/mol. The van der Waals surface area contributed by atoms with Crippen molar-refractivity contribution in [1.29, 1.82) is 0 Å². The van der Waals surface area contributed by atoms with Crippen molar-refractivity contribution in [2.75, 3.05) is 39.8 Å². The Morgan fingerprint density at radius 3 is 2.41 bits per heavy atom. The second kappa shape index (κ2) is 8.50. The van der Waals surface area contributed by atoms with E-state index in [0.717, 1.165) is 38.0 Å². The van der Waals surface area contributed by atoms with Crippen molar-refractivity contribution in [2.24, 2.45) is 0 Å². The second-order valence-electron chi connectivity index (χ2n) is 9.62. The Morgan fingerprint density at radius 1 is 1.16 bits per heavy atom. The first-order valence-corrected chi connectivity index (χ1v) is 11.3. The number of piperazine rings is 1. The van der Waals surface area contributed by atoms with Crippen LogP contribution in [0.25, 0.3) is 0 Å². The van der Waals surface area contributed by atoms with Crippen LogP contribution in [0.2, 0.25) is 0 Å². The van der Waals surface area contributed by atoms with Gasteiger partial charge in [-0.05, 0) is 56.4 Å². The summed E-state index contributed by atoms with van der Waals surface area (Å²) >= 11 is 0. The fourth-order valence-corrected chi connectivity index (χ4v) is 5.75. The topological polar surface area (TPSA) is 56.2 Å². The van der Waals surface area contributed by atoms with E-state index in [1.54, 1.807) is 13.2 Å². The number of amides is 1. The lowest BCUT2D eigenvalue weighted by Gasteiger charge is -2.52. The van der Waals surface area contributed by atoms with E-state index in [1.165, 1.54) is 17.0 Å². The molecule has 9 heteroatoms. The van der Waals surface area contributed by atoms with Gasteiger partial charge in [0.05, 0.1) is 11.7 Å². The molecule has 2 fully saturated rings. The van der Waals surface area contributed by atoms with Crippen LogP contribution in [-0.2, 0) is 10.9 Å². The van der Waals surface area contributed by atoms with Crippen LogP contribution < -0.4 is 0 Å². The lowest BCUT2D eigenvalue weighted by atomic mass is 9.86. The molecule has 1 aliphatic carbocycles. The fourth-order valence-electron chi connectivity index (χ4n) is 5.75. The third kappa shape index (κ3) is 4.22. The van der Waals surface area contributed by atoms with E-state index >= 15 is 0 Å². The molecule has 3 unspecified atom stereocenters. The quantitative estimate of drug-likeness (QED) is 0.733. The van der Waals surface area contributed by atoms with Crippen molar-refractivity contribution in [1.82, 2.24) is 14.7 Å². The number of carbonyl (C=O) groups is 1. The molecule has 3 aliphatic rings. The van der Waals surface area contributed by atoms with Crippen LogP contribution in [0.1, 0.15) is 61.9 Å². The highest BCUT2D eigenvalue weighted by Crippen LogP contribution is 2.47. The van der Waals surface area contributed by atoms with Crippen LogP contribution in [0, 0.1) is 0 Å². The molecule has 1 N–H and O–H groups in total. The normalized spacial score (nSPS) is 29.2.